The summed E-state index contributed by atoms with van der Waals surface area (Å²) in [5, 5.41) is 5.25. The van der Waals surface area contributed by atoms with Gasteiger partial charge in [0.25, 0.3) is 5.91 Å². The molecule has 6 nitrogen and oxygen atoms in total. The number of likely N-dealkylation sites (tertiary alicyclic amines) is 1. The number of nitrogens with zero attached hydrogens (tertiary/aromatic N) is 4. The Balaban J connectivity index is 1.75. The Labute approximate surface area is 175 Å². The summed E-state index contributed by atoms with van der Waals surface area (Å²) in [5.74, 6) is 0.444. The molecule has 0 saturated carbocycles. The molecular formula is C22H23ClN4O2. The Hall–Kier alpha value is -2.86. The van der Waals surface area contributed by atoms with E-state index in [4.69, 9.17) is 21.4 Å². The van der Waals surface area contributed by atoms with Crippen LogP contribution in [0.1, 0.15) is 41.4 Å². The van der Waals surface area contributed by atoms with Crippen molar-refractivity contribution in [2.45, 2.75) is 25.3 Å². The standard InChI is InChI=1S/C22H23ClN4O2/c1-26-14-18(15-8-10-24-11-9-15)21(25-26)19-5-3-4-12-27(19)22(28)17-13-16(23)6-7-20(17)29-2/h6-11,13-14,19H,3-5,12H2,1-2H3/t19-/m1/s1. The molecule has 0 unspecified atom stereocenters. The van der Waals surface area contributed by atoms with E-state index in [1.165, 1.54) is 0 Å². The molecular weight excluding hydrogens is 388 g/mol. The Morgan fingerprint density at radius 3 is 2.76 bits per heavy atom. The van der Waals surface area contributed by atoms with Gasteiger partial charge in [0, 0.05) is 42.8 Å². The number of benzene rings is 1. The number of aromatic nitrogens is 3. The summed E-state index contributed by atoms with van der Waals surface area (Å²) in [6.07, 6.45) is 8.42. The van der Waals surface area contributed by atoms with Gasteiger partial charge in [0.15, 0.2) is 0 Å². The molecule has 1 amide bonds. The molecule has 0 radical (unpaired) electrons. The van der Waals surface area contributed by atoms with Crippen LogP contribution in [0.25, 0.3) is 11.1 Å². The second kappa shape index (κ2) is 8.25. The third-order valence-electron chi connectivity index (χ3n) is 5.32. The second-order valence-corrected chi connectivity index (χ2v) is 7.63. The molecule has 3 heterocycles. The third-order valence-corrected chi connectivity index (χ3v) is 5.56. The highest BCUT2D eigenvalue weighted by Crippen LogP contribution is 2.37. The molecule has 1 aliphatic heterocycles. The fourth-order valence-electron chi connectivity index (χ4n) is 3.97. The van der Waals surface area contributed by atoms with Crippen molar-refractivity contribution in [2.24, 2.45) is 7.05 Å². The van der Waals surface area contributed by atoms with Gasteiger partial charge in [0.05, 0.1) is 24.4 Å². The van der Waals surface area contributed by atoms with E-state index in [1.54, 1.807) is 37.7 Å². The fourth-order valence-corrected chi connectivity index (χ4v) is 4.14. The van der Waals surface area contributed by atoms with Crippen LogP contribution in [0.5, 0.6) is 5.75 Å². The fraction of sp³-hybridized carbons (Fsp3) is 0.318. The molecule has 1 aromatic carbocycles. The van der Waals surface area contributed by atoms with Crippen molar-refractivity contribution in [3.05, 3.63) is 65.2 Å². The lowest BCUT2D eigenvalue weighted by atomic mass is 9.94. The lowest BCUT2D eigenvalue weighted by Gasteiger charge is -2.35. The topological polar surface area (TPSA) is 60.2 Å². The number of aryl methyl sites for hydroxylation is 1. The zero-order valence-corrected chi connectivity index (χ0v) is 17.3. The summed E-state index contributed by atoms with van der Waals surface area (Å²) in [6, 6.07) is 8.97. The smallest absolute Gasteiger partial charge is 0.258 e. The summed E-state index contributed by atoms with van der Waals surface area (Å²) < 4.78 is 7.23. The molecule has 1 atom stereocenters. The van der Waals surface area contributed by atoms with Crippen molar-refractivity contribution in [3.8, 4) is 16.9 Å². The molecule has 0 aliphatic carbocycles. The number of carbonyl (C=O) groups is 1. The predicted octanol–water partition coefficient (Wildman–Crippen LogP) is 4.51. The molecule has 7 heteroatoms. The normalized spacial score (nSPS) is 16.7. The molecule has 1 fully saturated rings. The highest BCUT2D eigenvalue weighted by Gasteiger charge is 2.33. The van der Waals surface area contributed by atoms with Gasteiger partial charge in [0.1, 0.15) is 5.75 Å². The molecule has 2 aromatic heterocycles. The SMILES string of the molecule is COc1ccc(Cl)cc1C(=O)N1CCCC[C@@H]1c1nn(C)cc1-c1ccncc1. The Kier molecular flexibility index (Phi) is 5.53. The first-order valence-corrected chi connectivity index (χ1v) is 10.0. The summed E-state index contributed by atoms with van der Waals surface area (Å²) in [5.41, 5.74) is 3.46. The van der Waals surface area contributed by atoms with Gasteiger partial charge in [-0.3, -0.25) is 14.5 Å². The first-order valence-electron chi connectivity index (χ1n) is 9.67. The average molecular weight is 411 g/mol. The average Bonchev–Trinajstić information content (AvgIpc) is 3.15. The largest absolute Gasteiger partial charge is 0.496 e. The van der Waals surface area contributed by atoms with Gasteiger partial charge in [-0.1, -0.05) is 11.6 Å². The minimum Gasteiger partial charge on any atom is -0.496 e. The first-order chi connectivity index (χ1) is 14.1. The van der Waals surface area contributed by atoms with E-state index < -0.39 is 0 Å². The van der Waals surface area contributed by atoms with Crippen LogP contribution < -0.4 is 4.74 Å². The lowest BCUT2D eigenvalue weighted by molar-refractivity contribution is 0.0602. The number of methoxy groups -OCH3 is 1. The molecule has 29 heavy (non-hydrogen) atoms. The van der Waals surface area contributed by atoms with Crippen molar-refractivity contribution in [2.75, 3.05) is 13.7 Å². The summed E-state index contributed by atoms with van der Waals surface area (Å²) in [4.78, 5) is 19.5. The molecule has 150 valence electrons. The summed E-state index contributed by atoms with van der Waals surface area (Å²) >= 11 is 6.17. The van der Waals surface area contributed by atoms with Crippen molar-refractivity contribution in [1.82, 2.24) is 19.7 Å². The van der Waals surface area contributed by atoms with Crippen LogP contribution in [0.15, 0.2) is 48.9 Å². The van der Waals surface area contributed by atoms with Crippen molar-refractivity contribution in [1.29, 1.82) is 0 Å². The second-order valence-electron chi connectivity index (χ2n) is 7.19. The monoisotopic (exact) mass is 410 g/mol. The van der Waals surface area contributed by atoms with E-state index in [-0.39, 0.29) is 11.9 Å². The van der Waals surface area contributed by atoms with Gasteiger partial charge < -0.3 is 9.64 Å². The molecule has 3 aromatic rings. The van der Waals surface area contributed by atoms with E-state index in [1.807, 2.05) is 35.0 Å². The Bertz CT molecular complexity index is 1020. The quantitative estimate of drug-likeness (QED) is 0.634. The van der Waals surface area contributed by atoms with Crippen LogP contribution in [0, 0.1) is 0 Å². The van der Waals surface area contributed by atoms with Gasteiger partial charge in [-0.15, -0.1) is 0 Å². The van der Waals surface area contributed by atoms with Crippen molar-refractivity contribution < 1.29 is 9.53 Å². The summed E-state index contributed by atoms with van der Waals surface area (Å²) in [6.45, 7) is 0.672. The van der Waals surface area contributed by atoms with Crippen LogP contribution in [-0.2, 0) is 7.05 Å². The Morgan fingerprint density at radius 2 is 2.00 bits per heavy atom. The Morgan fingerprint density at radius 1 is 1.21 bits per heavy atom. The van der Waals surface area contributed by atoms with Gasteiger partial charge in [-0.2, -0.15) is 5.10 Å². The van der Waals surface area contributed by atoms with Crippen molar-refractivity contribution in [3.63, 3.8) is 0 Å². The van der Waals surface area contributed by atoms with Gasteiger partial charge in [0.2, 0.25) is 0 Å². The van der Waals surface area contributed by atoms with E-state index in [9.17, 15) is 4.79 Å². The number of amides is 1. The summed E-state index contributed by atoms with van der Waals surface area (Å²) in [7, 11) is 3.47. The van der Waals surface area contributed by atoms with E-state index in [2.05, 4.69) is 4.98 Å². The number of rotatable bonds is 4. The van der Waals surface area contributed by atoms with Crippen molar-refractivity contribution >= 4 is 17.5 Å². The maximum atomic E-state index is 13.5. The number of hydrogen-bond acceptors (Lipinski definition) is 4. The van der Waals surface area contributed by atoms with E-state index in [0.717, 1.165) is 36.1 Å². The van der Waals surface area contributed by atoms with E-state index >= 15 is 0 Å². The molecule has 1 aliphatic rings. The molecule has 0 spiro atoms. The van der Waals surface area contributed by atoms with Crippen LogP contribution in [0.3, 0.4) is 0 Å². The maximum absolute atomic E-state index is 13.5. The van der Waals surface area contributed by atoms with Gasteiger partial charge in [-0.25, -0.2) is 0 Å². The highest BCUT2D eigenvalue weighted by molar-refractivity contribution is 6.31. The highest BCUT2D eigenvalue weighted by atomic mass is 35.5. The van der Waals surface area contributed by atoms with Crippen LogP contribution >= 0.6 is 11.6 Å². The molecule has 0 N–H and O–H groups in total. The first kappa shape index (κ1) is 19.5. The lowest BCUT2D eigenvalue weighted by Crippen LogP contribution is -2.39. The zero-order chi connectivity index (χ0) is 20.4. The van der Waals surface area contributed by atoms with Gasteiger partial charge >= 0.3 is 0 Å². The van der Waals surface area contributed by atoms with Gasteiger partial charge in [-0.05, 0) is 55.2 Å². The van der Waals surface area contributed by atoms with Crippen LogP contribution in [0.4, 0.5) is 0 Å². The number of carbonyl (C=O) groups excluding carboxylic acids is 1. The maximum Gasteiger partial charge on any atom is 0.258 e. The minimum atomic E-state index is -0.107. The number of hydrogen-bond donors (Lipinski definition) is 0. The number of halogens is 1. The van der Waals surface area contributed by atoms with Crippen LogP contribution in [0.2, 0.25) is 5.02 Å². The number of piperidine rings is 1. The third kappa shape index (κ3) is 3.85. The molecule has 4 rings (SSSR count). The predicted molar refractivity (Wildman–Crippen MR) is 112 cm³/mol. The minimum absolute atomic E-state index is 0.0830. The number of pyridine rings is 1. The molecule has 0 bridgehead atoms. The number of ether oxygens (including phenoxy) is 1. The molecule has 1 saturated heterocycles. The zero-order valence-electron chi connectivity index (χ0n) is 16.5. The van der Waals surface area contributed by atoms with E-state index in [0.29, 0.717) is 22.9 Å². The van der Waals surface area contributed by atoms with Crippen LogP contribution in [-0.4, -0.2) is 39.2 Å².